The number of carbonyl (C=O) groups is 3. The number of aliphatic hydroxyl groups is 5. The number of Topliss-reactive ketones (excluding diaryl/α,β-unsaturated/α-hetero) is 1. The van der Waals surface area contributed by atoms with Crippen LogP contribution in [0.25, 0.3) is 0 Å². The van der Waals surface area contributed by atoms with Gasteiger partial charge in [0.05, 0.1) is 60.3 Å². The molecule has 1 unspecified atom stereocenters. The molecule has 4 saturated heterocycles. The van der Waals surface area contributed by atoms with Crippen LogP contribution < -0.4 is 4.90 Å². The maximum absolute atomic E-state index is 14.5. The Morgan fingerprint density at radius 3 is 2.24 bits per heavy atom. The van der Waals surface area contributed by atoms with Gasteiger partial charge < -0.3 is 68.5 Å². The van der Waals surface area contributed by atoms with E-state index in [1.807, 2.05) is 37.7 Å². The molecule has 74 heavy (non-hydrogen) atoms. The van der Waals surface area contributed by atoms with Crippen molar-refractivity contribution in [2.75, 3.05) is 45.7 Å². The lowest BCUT2D eigenvalue weighted by molar-refractivity contribution is -0.318. The maximum Gasteiger partial charge on any atom is 0.414 e. The molecule has 4 aliphatic heterocycles. The molecule has 6 rings (SSSR count). The van der Waals surface area contributed by atoms with Crippen LogP contribution >= 0.6 is 0 Å². The number of hydrogen-bond donors (Lipinski definition) is 5. The lowest BCUT2D eigenvalue weighted by Crippen LogP contribution is -2.61. The number of nitrogens with zero attached hydrogens (tertiary/aromatic N) is 6. The van der Waals surface area contributed by atoms with Crippen molar-refractivity contribution in [3.8, 4) is 0 Å². The summed E-state index contributed by atoms with van der Waals surface area (Å²) in [4.78, 5) is 44.5. The SMILES string of the molecule is CC[C@H]1OC(=O)[C@H](C)[C@@H](O[C@H]2C[C@@](C)(OC)[C@@H](O)[C@H](C)O2)[C@H](C)[C@@H](OC2O[C@H](C)C[C@H](N(C)CCc3cn(C[C@H]4CN(c5ccc(C(C)=O)cc5)C(=O)O4)nn3)[C@H]2O)[C@](C)(O)C[C@@H](C)CN(C)[C@H](C)[C@@H](O)[C@]1(C)O. The number of ether oxygens (including phenoxy) is 7. The molecule has 5 heterocycles. The Morgan fingerprint density at radius 2 is 1.61 bits per heavy atom. The van der Waals surface area contributed by atoms with Crippen LogP contribution in [0.5, 0.6) is 0 Å². The van der Waals surface area contributed by atoms with E-state index >= 15 is 0 Å². The second-order valence-corrected chi connectivity index (χ2v) is 22.6. The second-order valence-electron chi connectivity index (χ2n) is 22.6. The quantitative estimate of drug-likeness (QED) is 0.134. The van der Waals surface area contributed by atoms with Crippen molar-refractivity contribution < 1.29 is 73.1 Å². The number of cyclic esters (lactones) is 2. The van der Waals surface area contributed by atoms with Crippen LogP contribution in [-0.2, 0) is 50.9 Å². The minimum absolute atomic E-state index is 0.0653. The minimum Gasteiger partial charge on any atom is -0.459 e. The molecule has 1 aromatic heterocycles. The first-order valence-electron chi connectivity index (χ1n) is 26.4. The topological polar surface area (TPSA) is 257 Å². The summed E-state index contributed by atoms with van der Waals surface area (Å²) in [7, 11) is 5.22. The molecule has 4 aliphatic rings. The van der Waals surface area contributed by atoms with Gasteiger partial charge in [-0.1, -0.05) is 26.0 Å². The molecule has 0 saturated carbocycles. The van der Waals surface area contributed by atoms with Gasteiger partial charge in [0.2, 0.25) is 0 Å². The molecule has 2 aromatic rings. The normalized spacial score (nSPS) is 40.4. The lowest BCUT2D eigenvalue weighted by Gasteiger charge is -2.49. The van der Waals surface area contributed by atoms with E-state index in [4.69, 9.17) is 33.2 Å². The van der Waals surface area contributed by atoms with Crippen molar-refractivity contribution in [2.24, 2.45) is 17.8 Å². The molecule has 21 heteroatoms. The second kappa shape index (κ2) is 24.3. The van der Waals surface area contributed by atoms with Crippen molar-refractivity contribution in [1.82, 2.24) is 24.8 Å². The van der Waals surface area contributed by atoms with Crippen LogP contribution in [0.4, 0.5) is 10.5 Å². The van der Waals surface area contributed by atoms with Crippen molar-refractivity contribution in [3.05, 3.63) is 41.7 Å². The number of benzene rings is 1. The van der Waals surface area contributed by atoms with Gasteiger partial charge in [-0.25, -0.2) is 9.48 Å². The number of carbonyl (C=O) groups excluding carboxylic acids is 3. The Hall–Kier alpha value is -3.71. The smallest absolute Gasteiger partial charge is 0.414 e. The fraction of sp³-hybridized carbons (Fsp3) is 0.792. The molecular formula is C53H86N6O15. The highest BCUT2D eigenvalue weighted by Gasteiger charge is 2.53. The Morgan fingerprint density at radius 1 is 0.932 bits per heavy atom. The lowest BCUT2D eigenvalue weighted by atomic mass is 9.77. The number of methoxy groups -OCH3 is 1. The number of hydrogen-bond acceptors (Lipinski definition) is 19. The molecule has 1 aromatic carbocycles. The number of aliphatic hydroxyl groups excluding tert-OH is 3. The summed E-state index contributed by atoms with van der Waals surface area (Å²) in [6.45, 7) is 20.4. The highest BCUT2D eigenvalue weighted by Crippen LogP contribution is 2.40. The average Bonchev–Trinajstić information content (AvgIpc) is 3.96. The van der Waals surface area contributed by atoms with Crippen LogP contribution in [0, 0.1) is 17.8 Å². The molecule has 19 atom stereocenters. The van der Waals surface area contributed by atoms with Crippen molar-refractivity contribution in [1.29, 1.82) is 0 Å². The number of likely N-dealkylation sites (N-methyl/N-ethyl adjacent to an activating group) is 2. The number of esters is 1. The molecule has 418 valence electrons. The summed E-state index contributed by atoms with van der Waals surface area (Å²) in [6, 6.07) is 5.74. The summed E-state index contributed by atoms with van der Waals surface area (Å²) < 4.78 is 45.6. The Kier molecular flexibility index (Phi) is 19.6. The van der Waals surface area contributed by atoms with Crippen molar-refractivity contribution >= 4 is 23.5 Å². The third-order valence-electron chi connectivity index (χ3n) is 16.3. The van der Waals surface area contributed by atoms with Crippen LogP contribution in [0.2, 0.25) is 0 Å². The van der Waals surface area contributed by atoms with Gasteiger partial charge in [-0.05, 0) is 119 Å². The summed E-state index contributed by atoms with van der Waals surface area (Å²) in [5.41, 5.74) is -2.72. The third-order valence-corrected chi connectivity index (χ3v) is 16.3. The first kappa shape index (κ1) is 59.5. The zero-order valence-electron chi connectivity index (χ0n) is 46.0. The molecule has 0 bridgehead atoms. The zero-order chi connectivity index (χ0) is 54.8. The van der Waals surface area contributed by atoms with E-state index in [9.17, 15) is 39.9 Å². The maximum atomic E-state index is 14.5. The fourth-order valence-corrected chi connectivity index (χ4v) is 11.6. The number of amides is 1. The Balaban J connectivity index is 1.22. The minimum atomic E-state index is -1.85. The van der Waals surface area contributed by atoms with Gasteiger partial charge in [0.1, 0.15) is 36.1 Å². The van der Waals surface area contributed by atoms with E-state index in [2.05, 4.69) is 10.3 Å². The van der Waals surface area contributed by atoms with Crippen molar-refractivity contribution in [3.63, 3.8) is 0 Å². The number of rotatable bonds is 14. The van der Waals surface area contributed by atoms with Gasteiger partial charge in [-0.2, -0.15) is 0 Å². The first-order chi connectivity index (χ1) is 34.6. The van der Waals surface area contributed by atoms with Crippen LogP contribution in [0.3, 0.4) is 0 Å². The molecule has 4 fully saturated rings. The number of ketones is 1. The van der Waals surface area contributed by atoms with Gasteiger partial charge in [-0.3, -0.25) is 14.5 Å². The molecule has 21 nitrogen and oxygen atoms in total. The average molecular weight is 1050 g/mol. The van der Waals surface area contributed by atoms with Crippen molar-refractivity contribution in [2.45, 2.75) is 211 Å². The molecule has 5 N–H and O–H groups in total. The molecule has 1 amide bonds. The highest BCUT2D eigenvalue weighted by molar-refractivity contribution is 5.95. The summed E-state index contributed by atoms with van der Waals surface area (Å²) in [5, 5.41) is 68.4. The summed E-state index contributed by atoms with van der Waals surface area (Å²) >= 11 is 0. The standard InChI is InChI=1S/C53H86N6O15/c1-15-41-53(11,67)45(62)33(6)57(13)25-29(2)23-51(9,66)47(31(4)44(32(5)48(64)72-41)73-42-24-52(10,68-14)46(63)35(8)70-42)74-49-43(61)40(22-30(3)69-49)56(12)21-20-37-26-58(55-54-37)27-39-28-59(50(65)71-39)38-18-16-36(17-19-38)34(7)60/h16-19,26,29-33,35,39-47,49,61-63,66-67H,15,20-25,27-28H2,1-14H3/t29-,30-,31+,32-,33-,35+,39+,40+,41-,42+,43-,44+,45-,46+,47-,49?,51-,52-,53-/m1/s1. The van der Waals surface area contributed by atoms with E-state index in [0.29, 0.717) is 49.4 Å². The molecule has 0 radical (unpaired) electrons. The van der Waals surface area contributed by atoms with E-state index in [1.165, 1.54) is 25.9 Å². The predicted octanol–water partition coefficient (Wildman–Crippen LogP) is 3.33. The Bertz CT molecular complexity index is 2180. The Labute approximate surface area is 436 Å². The third kappa shape index (κ3) is 13.5. The monoisotopic (exact) mass is 1050 g/mol. The van der Waals surface area contributed by atoms with Gasteiger partial charge in [0, 0.05) is 68.5 Å². The number of anilines is 1. The van der Waals surface area contributed by atoms with E-state index < -0.39 is 120 Å². The molecule has 0 spiro atoms. The van der Waals surface area contributed by atoms with Gasteiger partial charge in [0.15, 0.2) is 18.4 Å². The summed E-state index contributed by atoms with van der Waals surface area (Å²) in [5.74, 6) is -2.92. The van der Waals surface area contributed by atoms with Crippen LogP contribution in [0.15, 0.2) is 30.5 Å². The molecular weight excluding hydrogens is 961 g/mol. The van der Waals surface area contributed by atoms with E-state index in [0.717, 1.165) is 0 Å². The highest BCUT2D eigenvalue weighted by atomic mass is 16.7. The van der Waals surface area contributed by atoms with Crippen LogP contribution in [-0.4, -0.2) is 205 Å². The predicted molar refractivity (Wildman–Crippen MR) is 271 cm³/mol. The first-order valence-corrected chi connectivity index (χ1v) is 26.4. The fourth-order valence-electron chi connectivity index (χ4n) is 11.6. The largest absolute Gasteiger partial charge is 0.459 e. The zero-order valence-corrected chi connectivity index (χ0v) is 46.0. The van der Waals surface area contributed by atoms with Gasteiger partial charge >= 0.3 is 12.1 Å². The summed E-state index contributed by atoms with van der Waals surface area (Å²) in [6.07, 6.45) is -8.07. The number of aromatic nitrogens is 3. The van der Waals surface area contributed by atoms with E-state index in [1.54, 1.807) is 83.6 Å². The van der Waals surface area contributed by atoms with E-state index in [-0.39, 0.29) is 37.5 Å². The molecule has 0 aliphatic carbocycles. The van der Waals surface area contributed by atoms with Crippen LogP contribution in [0.1, 0.15) is 118 Å². The van der Waals surface area contributed by atoms with Gasteiger partial charge in [-0.15, -0.1) is 5.10 Å². The van der Waals surface area contributed by atoms with Gasteiger partial charge in [0.25, 0.3) is 0 Å².